The maximum atomic E-state index is 12.1. The van der Waals surface area contributed by atoms with Gasteiger partial charge in [0.15, 0.2) is 0 Å². The Morgan fingerprint density at radius 1 is 1.20 bits per heavy atom. The molecule has 0 spiro atoms. The van der Waals surface area contributed by atoms with Gasteiger partial charge in [-0.25, -0.2) is 4.79 Å². The number of aryl methyl sites for hydroxylation is 1. The van der Waals surface area contributed by atoms with Gasteiger partial charge in [0.25, 0.3) is 5.91 Å². The zero-order chi connectivity index (χ0) is 19.0. The molecular formula is C17H27N3O5. The lowest BCUT2D eigenvalue weighted by Gasteiger charge is -2.15. The molecule has 2 amide bonds. The quantitative estimate of drug-likeness (QED) is 0.621. The number of nitrogens with zero attached hydrogens (tertiary/aromatic N) is 1. The Morgan fingerprint density at radius 2 is 1.88 bits per heavy atom. The largest absolute Gasteiger partial charge is 0.462 e. The Morgan fingerprint density at radius 3 is 2.44 bits per heavy atom. The fraction of sp³-hybridized carbons (Fsp3) is 0.588. The lowest BCUT2D eigenvalue weighted by Crippen LogP contribution is -2.26. The molecule has 0 unspecified atom stereocenters. The summed E-state index contributed by atoms with van der Waals surface area (Å²) in [4.78, 5) is 37.9. The predicted molar refractivity (Wildman–Crippen MR) is 93.6 cm³/mol. The number of unbranched alkanes of at least 4 members (excludes halogenated alkanes) is 1. The zero-order valence-corrected chi connectivity index (χ0v) is 15.3. The van der Waals surface area contributed by atoms with Gasteiger partial charge in [-0.15, -0.1) is 0 Å². The lowest BCUT2D eigenvalue weighted by atomic mass is 10.1. The topological polar surface area (TPSA) is 115 Å². The second-order valence-corrected chi connectivity index (χ2v) is 5.78. The van der Waals surface area contributed by atoms with Crippen molar-refractivity contribution in [2.24, 2.45) is 5.73 Å². The number of hydrogen-bond donors (Lipinski definition) is 2. The smallest absolute Gasteiger partial charge is 0.342 e. The number of carbonyl (C=O) groups is 3. The van der Waals surface area contributed by atoms with Crippen LogP contribution in [0.3, 0.4) is 0 Å². The minimum Gasteiger partial charge on any atom is -0.462 e. The van der Waals surface area contributed by atoms with Gasteiger partial charge in [0.05, 0.1) is 6.61 Å². The molecule has 8 nitrogen and oxygen atoms in total. The van der Waals surface area contributed by atoms with E-state index in [1.54, 1.807) is 6.92 Å². The molecule has 0 aromatic carbocycles. The minimum absolute atomic E-state index is 0.0512. The highest BCUT2D eigenvalue weighted by Crippen LogP contribution is 2.27. The van der Waals surface area contributed by atoms with Crippen molar-refractivity contribution in [3.8, 4) is 0 Å². The van der Waals surface area contributed by atoms with Crippen LogP contribution in [0.5, 0.6) is 0 Å². The first-order valence-corrected chi connectivity index (χ1v) is 8.40. The van der Waals surface area contributed by atoms with Crippen LogP contribution in [-0.4, -0.2) is 49.4 Å². The number of esters is 1. The summed E-state index contributed by atoms with van der Waals surface area (Å²) in [6, 6.07) is 0. The summed E-state index contributed by atoms with van der Waals surface area (Å²) < 4.78 is 10.3. The molecule has 0 aliphatic heterocycles. The molecule has 1 aromatic heterocycles. The summed E-state index contributed by atoms with van der Waals surface area (Å²) in [6.45, 7) is 6.88. The van der Waals surface area contributed by atoms with E-state index < -0.39 is 11.9 Å². The summed E-state index contributed by atoms with van der Waals surface area (Å²) in [5, 5.41) is 2.52. The average Bonchev–Trinajstić information content (AvgIpc) is 2.87. The third-order valence-corrected chi connectivity index (χ3v) is 3.68. The fourth-order valence-corrected chi connectivity index (χ4v) is 2.34. The summed E-state index contributed by atoms with van der Waals surface area (Å²) in [7, 11) is 1.94. The predicted octanol–water partition coefficient (Wildman–Crippen LogP) is 1.92. The van der Waals surface area contributed by atoms with E-state index in [1.807, 2.05) is 7.05 Å². The van der Waals surface area contributed by atoms with E-state index in [9.17, 15) is 14.4 Å². The molecule has 3 N–H and O–H groups in total. The first kappa shape index (κ1) is 20.7. The number of rotatable bonds is 10. The van der Waals surface area contributed by atoms with Gasteiger partial charge in [-0.1, -0.05) is 13.3 Å². The number of nitrogens with one attached hydrogen (secondary N) is 1. The normalized spacial score (nSPS) is 10.8. The summed E-state index contributed by atoms with van der Waals surface area (Å²) in [5.74, 6) is -1.85. The van der Waals surface area contributed by atoms with Gasteiger partial charge in [0.2, 0.25) is 11.8 Å². The number of anilines is 1. The van der Waals surface area contributed by atoms with Crippen LogP contribution < -0.4 is 11.1 Å². The Labute approximate surface area is 147 Å². The van der Waals surface area contributed by atoms with Crippen LogP contribution in [0.2, 0.25) is 0 Å². The van der Waals surface area contributed by atoms with Crippen molar-refractivity contribution in [3.63, 3.8) is 0 Å². The maximum Gasteiger partial charge on any atom is 0.342 e. The van der Waals surface area contributed by atoms with Crippen molar-refractivity contribution >= 4 is 23.7 Å². The summed E-state index contributed by atoms with van der Waals surface area (Å²) >= 11 is 0. The third kappa shape index (κ3) is 5.90. The van der Waals surface area contributed by atoms with E-state index in [4.69, 9.17) is 14.9 Å². The Hall–Kier alpha value is -2.35. The van der Waals surface area contributed by atoms with Gasteiger partial charge < -0.3 is 19.8 Å². The average molecular weight is 353 g/mol. The summed E-state index contributed by atoms with van der Waals surface area (Å²) in [5.41, 5.74) is 5.13. The minimum atomic E-state index is -0.865. The first-order valence-electron chi connectivity index (χ1n) is 8.40. The number of hydrogen-bond acceptors (Lipinski definition) is 6. The Kier molecular flexibility index (Phi) is 8.13. The molecule has 0 fully saturated rings. The maximum absolute atomic E-state index is 12.1. The van der Waals surface area contributed by atoms with E-state index in [1.165, 1.54) is 6.92 Å². The highest BCUT2D eigenvalue weighted by molar-refractivity contribution is 6.10. The number of primary amides is 1. The second kappa shape index (κ2) is 9.83. The SMILES string of the molecule is CCCCN(C)CCC(=O)Nc1oc(C)c(C(=O)OCC)c1C(N)=O. The standard InChI is InChI=1S/C17H27N3O5/c1-5-7-9-20(4)10-8-12(21)19-16-14(15(18)22)13(11(3)25-16)17(23)24-6-2/h5-10H2,1-4H3,(H2,18,22)(H,19,21). The van der Waals surface area contributed by atoms with Crippen LogP contribution in [0, 0.1) is 6.92 Å². The number of carbonyl (C=O) groups excluding carboxylic acids is 3. The molecule has 0 saturated carbocycles. The third-order valence-electron chi connectivity index (χ3n) is 3.68. The monoisotopic (exact) mass is 353 g/mol. The van der Waals surface area contributed by atoms with Crippen LogP contribution in [-0.2, 0) is 9.53 Å². The Bertz CT molecular complexity index is 624. The molecule has 0 saturated heterocycles. The number of amides is 2. The molecule has 140 valence electrons. The summed E-state index contributed by atoms with van der Waals surface area (Å²) in [6.07, 6.45) is 2.37. The Balaban J connectivity index is 2.84. The molecule has 0 aliphatic carbocycles. The molecule has 8 heteroatoms. The molecular weight excluding hydrogens is 326 g/mol. The van der Waals surface area contributed by atoms with Crippen LogP contribution >= 0.6 is 0 Å². The van der Waals surface area contributed by atoms with E-state index in [0.29, 0.717) is 6.54 Å². The van der Waals surface area contributed by atoms with Crippen molar-refractivity contribution in [2.75, 3.05) is 32.1 Å². The van der Waals surface area contributed by atoms with Crippen LogP contribution in [0.25, 0.3) is 0 Å². The highest BCUT2D eigenvalue weighted by atomic mass is 16.5. The van der Waals surface area contributed by atoms with Crippen molar-refractivity contribution in [1.82, 2.24) is 4.90 Å². The lowest BCUT2D eigenvalue weighted by molar-refractivity contribution is -0.116. The van der Waals surface area contributed by atoms with Crippen molar-refractivity contribution in [1.29, 1.82) is 0 Å². The number of ether oxygens (including phenoxy) is 1. The molecule has 25 heavy (non-hydrogen) atoms. The highest BCUT2D eigenvalue weighted by Gasteiger charge is 2.29. The van der Waals surface area contributed by atoms with Gasteiger partial charge in [0, 0.05) is 13.0 Å². The molecule has 0 radical (unpaired) electrons. The molecule has 0 aliphatic rings. The number of nitrogens with two attached hydrogens (primary N) is 1. The molecule has 0 atom stereocenters. The van der Waals surface area contributed by atoms with Crippen molar-refractivity contribution < 1.29 is 23.5 Å². The van der Waals surface area contributed by atoms with E-state index in [0.717, 1.165) is 19.4 Å². The molecule has 1 aromatic rings. The molecule has 1 heterocycles. The van der Waals surface area contributed by atoms with Gasteiger partial charge in [-0.05, 0) is 33.9 Å². The van der Waals surface area contributed by atoms with Crippen molar-refractivity contribution in [2.45, 2.75) is 40.0 Å². The van der Waals surface area contributed by atoms with E-state index in [-0.39, 0.29) is 41.7 Å². The van der Waals surface area contributed by atoms with Gasteiger partial charge in [-0.2, -0.15) is 0 Å². The van der Waals surface area contributed by atoms with Crippen molar-refractivity contribution in [3.05, 3.63) is 16.9 Å². The van der Waals surface area contributed by atoms with E-state index >= 15 is 0 Å². The van der Waals surface area contributed by atoms with Gasteiger partial charge in [-0.3, -0.25) is 14.9 Å². The van der Waals surface area contributed by atoms with Crippen LogP contribution in [0.4, 0.5) is 5.88 Å². The fourth-order valence-electron chi connectivity index (χ4n) is 2.34. The molecule has 1 rings (SSSR count). The van der Waals surface area contributed by atoms with Crippen LogP contribution in [0.15, 0.2) is 4.42 Å². The van der Waals surface area contributed by atoms with E-state index in [2.05, 4.69) is 17.1 Å². The van der Waals surface area contributed by atoms with Crippen LogP contribution in [0.1, 0.15) is 59.6 Å². The number of furan rings is 1. The second-order valence-electron chi connectivity index (χ2n) is 5.78. The van der Waals surface area contributed by atoms with Gasteiger partial charge >= 0.3 is 5.97 Å². The van der Waals surface area contributed by atoms with Gasteiger partial charge in [0.1, 0.15) is 16.9 Å². The first-order chi connectivity index (χ1) is 11.8. The zero-order valence-electron chi connectivity index (χ0n) is 15.3. The molecule has 0 bridgehead atoms.